The van der Waals surface area contributed by atoms with E-state index in [0.717, 1.165) is 86.9 Å². The number of nitrogens with zero attached hydrogens (tertiary/aromatic N) is 7. The van der Waals surface area contributed by atoms with Crippen LogP contribution in [0.25, 0.3) is 16.6 Å². The number of alkyl halides is 2. The highest BCUT2D eigenvalue weighted by atomic mass is 19.3. The topological polar surface area (TPSA) is 194 Å². The Kier molecular flexibility index (Phi) is 14.9. The molecule has 16 nitrogen and oxygen atoms in total. The summed E-state index contributed by atoms with van der Waals surface area (Å²) in [5.41, 5.74) is 11.7. The lowest BCUT2D eigenvalue weighted by Crippen LogP contribution is -2.49. The summed E-state index contributed by atoms with van der Waals surface area (Å²) in [5.74, 6) is 0.0756. The smallest absolute Gasteiger partial charge is 0.329 e. The van der Waals surface area contributed by atoms with Crippen LogP contribution in [0, 0.1) is 11.3 Å². The van der Waals surface area contributed by atoms with Gasteiger partial charge in [-0.05, 0) is 118 Å². The molecule has 1 unspecified atom stereocenters. The van der Waals surface area contributed by atoms with Crippen molar-refractivity contribution in [1.29, 1.82) is 5.41 Å². The molecule has 3 saturated heterocycles. The van der Waals surface area contributed by atoms with Crippen molar-refractivity contribution in [3.8, 4) is 0 Å². The third-order valence-corrected chi connectivity index (χ3v) is 14.8. The molecule has 0 saturated carbocycles. The summed E-state index contributed by atoms with van der Waals surface area (Å²) in [4.78, 5) is 75.5. The van der Waals surface area contributed by atoms with Gasteiger partial charge in [0.2, 0.25) is 23.6 Å². The van der Waals surface area contributed by atoms with Crippen LogP contribution in [-0.2, 0) is 39.1 Å². The fraction of sp³-hybridized carbons (Fsp3) is 0.540. The van der Waals surface area contributed by atoms with E-state index < -0.39 is 18.4 Å². The molecule has 0 radical (unpaired) electrons. The van der Waals surface area contributed by atoms with Crippen molar-refractivity contribution >= 4 is 58.0 Å². The number of imidazole rings is 1. The quantitative estimate of drug-likeness (QED) is 0.106. The molecule has 4 amide bonds. The number of amides is 4. The number of aryl methyl sites for hydroxylation is 3. The summed E-state index contributed by atoms with van der Waals surface area (Å²) in [5, 5.41) is 15.6. The zero-order valence-corrected chi connectivity index (χ0v) is 39.5. The van der Waals surface area contributed by atoms with Gasteiger partial charge in [0.05, 0.1) is 17.6 Å². The third kappa shape index (κ3) is 10.3. The van der Waals surface area contributed by atoms with Gasteiger partial charge in [0.25, 0.3) is 6.43 Å². The first kappa shape index (κ1) is 48.3. The van der Waals surface area contributed by atoms with Crippen LogP contribution in [0.2, 0.25) is 0 Å². The largest absolute Gasteiger partial charge is 0.404 e. The highest BCUT2D eigenvalue weighted by Crippen LogP contribution is 2.38. The Morgan fingerprint density at radius 1 is 0.956 bits per heavy atom. The summed E-state index contributed by atoms with van der Waals surface area (Å²) in [6, 6.07) is 8.60. The standard InChI is InChI=1S/C50H65F2N11O5/c1-31(64)61-24-16-40(39(30-61)48(54)62-18-4-5-34-26-37(35(28-53)29-55-2)38(47(51)52)27-43(34)62)56-36-14-22-60(23-15-36)46(66)17-21-59-19-12-32(13-20-59)6-7-33-8-9-41-44(25-33)58(3)50(68)63(41)42-10-11-45(65)57-49(42)67/h8-9,25-29,32,36,42,47,54,56H,4-7,10-24,30,53H2,1-3H3,(H,57,65,67). The molecule has 5 aliphatic heterocycles. The van der Waals surface area contributed by atoms with Gasteiger partial charge < -0.3 is 30.7 Å². The number of piperidine rings is 3. The van der Waals surface area contributed by atoms with Crippen molar-refractivity contribution in [2.45, 2.75) is 102 Å². The third-order valence-electron chi connectivity index (χ3n) is 14.8. The van der Waals surface area contributed by atoms with E-state index in [1.54, 1.807) is 34.5 Å². The first-order chi connectivity index (χ1) is 32.7. The normalized spacial score (nSPS) is 20.5. The second-order valence-electron chi connectivity index (χ2n) is 19.0. The van der Waals surface area contributed by atoms with E-state index >= 15 is 0 Å². The lowest BCUT2D eigenvalue weighted by molar-refractivity contribution is -0.136. The Morgan fingerprint density at radius 2 is 1.72 bits per heavy atom. The molecule has 0 bridgehead atoms. The summed E-state index contributed by atoms with van der Waals surface area (Å²) in [6.45, 7) is 6.62. The van der Waals surface area contributed by atoms with E-state index in [1.165, 1.54) is 30.0 Å². The number of fused-ring (bicyclic) bond motifs is 2. The van der Waals surface area contributed by atoms with E-state index in [1.807, 2.05) is 23.1 Å². The second kappa shape index (κ2) is 21.0. The number of likely N-dealkylation sites (tertiary alicyclic amines) is 2. The maximum absolute atomic E-state index is 14.6. The van der Waals surface area contributed by atoms with Crippen LogP contribution in [-0.4, -0.2) is 125 Å². The first-order valence-electron chi connectivity index (χ1n) is 24.2. The Labute approximate surface area is 395 Å². The number of aliphatic imine (C=N–C) groups is 1. The van der Waals surface area contributed by atoms with Gasteiger partial charge in [0.15, 0.2) is 0 Å². The maximum atomic E-state index is 14.6. The van der Waals surface area contributed by atoms with Crippen molar-refractivity contribution in [3.63, 3.8) is 0 Å². The highest BCUT2D eigenvalue weighted by molar-refractivity contribution is 6.12. The van der Waals surface area contributed by atoms with Crippen molar-refractivity contribution < 1.29 is 28.0 Å². The number of hydrogen-bond acceptors (Lipinski definition) is 10. The Bertz CT molecular complexity index is 2600. The van der Waals surface area contributed by atoms with Crippen molar-refractivity contribution in [3.05, 3.63) is 80.5 Å². The van der Waals surface area contributed by atoms with Gasteiger partial charge in [0, 0.05) is 120 Å². The van der Waals surface area contributed by atoms with Crippen molar-refractivity contribution in [2.24, 2.45) is 23.7 Å². The SMILES string of the molecule is CN=CC(=CN)c1cc2c(cc1C(F)F)N(C(=N)C1=C(NC3CCN(C(=O)CCN4CCC(CCc5ccc6c(c5)n(C)c(=O)n6C5CCC(=O)NC5=O)CC4)CC3)CCN(C(C)=O)C1)CCC2. The summed E-state index contributed by atoms with van der Waals surface area (Å²) >= 11 is 0. The molecule has 1 atom stereocenters. The number of anilines is 1. The number of benzene rings is 2. The van der Waals surface area contributed by atoms with Crippen molar-refractivity contribution in [1.82, 2.24) is 34.5 Å². The molecule has 364 valence electrons. The lowest BCUT2D eigenvalue weighted by Gasteiger charge is -2.39. The van der Waals surface area contributed by atoms with Gasteiger partial charge in [0.1, 0.15) is 11.9 Å². The van der Waals surface area contributed by atoms with E-state index in [9.17, 15) is 38.2 Å². The minimum absolute atomic E-state index is 0.0795. The number of imide groups is 1. The minimum atomic E-state index is -2.77. The number of aromatic nitrogens is 2. The number of halogens is 2. The first-order valence-corrected chi connectivity index (χ1v) is 24.2. The molecule has 5 N–H and O–H groups in total. The van der Waals surface area contributed by atoms with Crippen LogP contribution in [0.3, 0.4) is 0 Å². The molecule has 0 spiro atoms. The van der Waals surface area contributed by atoms with Gasteiger partial charge in [-0.1, -0.05) is 6.07 Å². The molecular formula is C50H65F2N11O5. The summed E-state index contributed by atoms with van der Waals surface area (Å²) < 4.78 is 32.2. The lowest BCUT2D eigenvalue weighted by atomic mass is 9.90. The predicted octanol–water partition coefficient (Wildman–Crippen LogP) is 4.81. The van der Waals surface area contributed by atoms with Gasteiger partial charge in [-0.2, -0.15) is 0 Å². The van der Waals surface area contributed by atoms with E-state index in [-0.39, 0.29) is 53.8 Å². The number of carbonyl (C=O) groups is 4. The molecule has 6 heterocycles. The molecule has 8 rings (SSSR count). The monoisotopic (exact) mass is 938 g/mol. The summed E-state index contributed by atoms with van der Waals surface area (Å²) in [7, 11) is 3.28. The second-order valence-corrected chi connectivity index (χ2v) is 19.0. The van der Waals surface area contributed by atoms with Crippen LogP contribution in [0.5, 0.6) is 0 Å². The highest BCUT2D eigenvalue weighted by Gasteiger charge is 2.34. The molecule has 68 heavy (non-hydrogen) atoms. The fourth-order valence-corrected chi connectivity index (χ4v) is 10.8. The molecule has 18 heteroatoms. The van der Waals surface area contributed by atoms with Gasteiger partial charge >= 0.3 is 5.69 Å². The van der Waals surface area contributed by atoms with Crippen molar-refractivity contribution in [2.75, 3.05) is 64.3 Å². The Morgan fingerprint density at radius 3 is 2.41 bits per heavy atom. The zero-order valence-electron chi connectivity index (χ0n) is 39.5. The Balaban J connectivity index is 0.823. The van der Waals surface area contributed by atoms with E-state index in [0.29, 0.717) is 85.7 Å². The number of carbonyl (C=O) groups excluding carboxylic acids is 4. The molecule has 5 aliphatic rings. The molecule has 2 aromatic carbocycles. The van der Waals surface area contributed by atoms with E-state index in [2.05, 4.69) is 20.5 Å². The van der Waals surface area contributed by atoms with E-state index in [4.69, 9.17) is 5.73 Å². The number of amidine groups is 1. The maximum Gasteiger partial charge on any atom is 0.329 e. The zero-order chi connectivity index (χ0) is 48.2. The average molecular weight is 938 g/mol. The van der Waals surface area contributed by atoms with Crippen LogP contribution in [0.4, 0.5) is 14.5 Å². The van der Waals surface area contributed by atoms with Crippen LogP contribution < -0.4 is 27.0 Å². The van der Waals surface area contributed by atoms with Crippen LogP contribution in [0.1, 0.15) is 106 Å². The average Bonchev–Trinajstić information content (AvgIpc) is 3.58. The molecule has 3 aromatic rings. The van der Waals surface area contributed by atoms with Gasteiger partial charge in [-0.15, -0.1) is 0 Å². The van der Waals surface area contributed by atoms with Gasteiger partial charge in [-0.25, -0.2) is 13.6 Å². The fourth-order valence-electron chi connectivity index (χ4n) is 10.8. The molecule has 1 aromatic heterocycles. The predicted molar refractivity (Wildman–Crippen MR) is 259 cm³/mol. The summed E-state index contributed by atoms with van der Waals surface area (Å²) in [6.07, 6.45) is 8.39. The Hall–Kier alpha value is -6.17. The molecule has 3 fully saturated rings. The number of nitrogens with one attached hydrogen (secondary N) is 3. The molecular weight excluding hydrogens is 873 g/mol. The van der Waals surface area contributed by atoms with Gasteiger partial charge in [-0.3, -0.25) is 44.0 Å². The van der Waals surface area contributed by atoms with Crippen LogP contribution in [0.15, 0.2) is 57.6 Å². The van der Waals surface area contributed by atoms with Crippen LogP contribution >= 0.6 is 0 Å². The number of rotatable bonds is 13. The number of allylic oxidation sites excluding steroid dienone is 1. The molecule has 0 aliphatic carbocycles. The minimum Gasteiger partial charge on any atom is -0.404 e. The number of nitrogens with two attached hydrogens (primary N) is 1. The number of hydrogen-bond donors (Lipinski definition) is 4.